The zero-order valence-electron chi connectivity index (χ0n) is 11.7. The average molecular weight is 345 g/mol. The predicted octanol–water partition coefficient (Wildman–Crippen LogP) is 4.38. The number of aromatic nitrogens is 1. The van der Waals surface area contributed by atoms with Crippen LogP contribution in [0.3, 0.4) is 0 Å². The summed E-state index contributed by atoms with van der Waals surface area (Å²) >= 11 is 3.23. The molecule has 0 saturated carbocycles. The molecule has 0 radical (unpaired) electrons. The van der Waals surface area contributed by atoms with E-state index in [1.807, 2.05) is 0 Å². The van der Waals surface area contributed by atoms with Crippen LogP contribution in [0.5, 0.6) is 0 Å². The predicted molar refractivity (Wildman–Crippen MR) is 79.1 cm³/mol. The average Bonchev–Trinajstić information content (AvgIpc) is 2.29. The minimum absolute atomic E-state index is 0.233. The Balaban J connectivity index is 3.38. The Bertz CT molecular complexity index is 514. The highest BCUT2D eigenvalue weighted by Crippen LogP contribution is 2.33. The summed E-state index contributed by atoms with van der Waals surface area (Å²) in [5.41, 5.74) is -0.439. The second kappa shape index (κ2) is 6.35. The number of carbonyl (C=O) groups is 1. The van der Waals surface area contributed by atoms with Gasteiger partial charge in [0.2, 0.25) is 5.95 Å². The van der Waals surface area contributed by atoms with Crippen molar-refractivity contribution in [2.24, 2.45) is 0 Å². The molecule has 1 N–H and O–H groups in total. The number of amides is 1. The Morgan fingerprint density at radius 3 is 2.70 bits per heavy atom. The largest absolute Gasteiger partial charge is 0.465 e. The lowest BCUT2D eigenvalue weighted by molar-refractivity contribution is 0.0691. The number of pyridine rings is 1. The van der Waals surface area contributed by atoms with Gasteiger partial charge in [-0.1, -0.05) is 6.08 Å². The normalized spacial score (nSPS) is 12.8. The van der Waals surface area contributed by atoms with Gasteiger partial charge in [0.15, 0.2) is 0 Å². The highest BCUT2D eigenvalue weighted by molar-refractivity contribution is 9.10. The van der Waals surface area contributed by atoms with E-state index >= 15 is 0 Å². The third-order valence-electron chi connectivity index (χ3n) is 2.82. The Kier molecular flexibility index (Phi) is 5.28. The van der Waals surface area contributed by atoms with E-state index in [2.05, 4.69) is 27.5 Å². The second-order valence-corrected chi connectivity index (χ2v) is 6.31. The molecule has 0 aromatic carbocycles. The molecule has 0 saturated heterocycles. The Morgan fingerprint density at radius 2 is 2.25 bits per heavy atom. The van der Waals surface area contributed by atoms with Gasteiger partial charge in [0.25, 0.3) is 0 Å². The molecule has 0 fully saturated rings. The first-order valence-corrected chi connectivity index (χ1v) is 6.92. The smallest absolute Gasteiger partial charge is 0.408 e. The summed E-state index contributed by atoms with van der Waals surface area (Å²) in [4.78, 5) is 16.4. The lowest BCUT2D eigenvalue weighted by Gasteiger charge is -2.39. The zero-order chi connectivity index (χ0) is 15.5. The van der Waals surface area contributed by atoms with Crippen LogP contribution < -0.4 is 0 Å². The van der Waals surface area contributed by atoms with Crippen LogP contribution in [0, 0.1) is 5.95 Å². The van der Waals surface area contributed by atoms with Crippen LogP contribution in [-0.4, -0.2) is 26.6 Å². The number of carboxylic acid groups (broad SMARTS) is 1. The van der Waals surface area contributed by atoms with Gasteiger partial charge < -0.3 is 5.11 Å². The van der Waals surface area contributed by atoms with Gasteiger partial charge in [-0.15, -0.1) is 6.58 Å². The maximum atomic E-state index is 14.0. The van der Waals surface area contributed by atoms with Crippen LogP contribution in [-0.2, 0) is 0 Å². The summed E-state index contributed by atoms with van der Waals surface area (Å²) < 4.78 is 14.6. The van der Waals surface area contributed by atoms with Crippen molar-refractivity contribution in [3.8, 4) is 0 Å². The highest BCUT2D eigenvalue weighted by Gasteiger charge is 2.35. The molecule has 1 unspecified atom stereocenters. The summed E-state index contributed by atoms with van der Waals surface area (Å²) in [5, 5.41) is 9.46. The van der Waals surface area contributed by atoms with E-state index in [1.165, 1.54) is 11.1 Å². The van der Waals surface area contributed by atoms with Gasteiger partial charge in [0.05, 0.1) is 6.04 Å². The molecule has 0 spiro atoms. The summed E-state index contributed by atoms with van der Waals surface area (Å²) in [7, 11) is 0. The first-order chi connectivity index (χ1) is 9.18. The van der Waals surface area contributed by atoms with Gasteiger partial charge in [-0.3, -0.25) is 4.90 Å². The number of hydrogen-bond donors (Lipinski definition) is 1. The molecule has 6 heteroatoms. The lowest BCUT2D eigenvalue weighted by Crippen LogP contribution is -2.47. The molecule has 1 aromatic heterocycles. The Hall–Kier alpha value is -1.43. The van der Waals surface area contributed by atoms with Gasteiger partial charge in [-0.2, -0.15) is 4.39 Å². The molecular formula is C14H18BrFN2O2. The fraction of sp³-hybridized carbons (Fsp3) is 0.429. The van der Waals surface area contributed by atoms with Crippen molar-refractivity contribution in [2.75, 3.05) is 0 Å². The molecule has 0 aliphatic heterocycles. The first-order valence-electron chi connectivity index (χ1n) is 6.12. The standard InChI is InChI=1S/C14H18BrFN2O2/c1-5-6-11(18(13(19)20)14(2,3)4)10-7-9(15)8-17-12(10)16/h5,7-8,11H,1,6H2,2-4H3,(H,19,20). The number of nitrogens with zero attached hydrogens (tertiary/aromatic N) is 2. The van der Waals surface area contributed by atoms with Crippen molar-refractivity contribution < 1.29 is 14.3 Å². The van der Waals surface area contributed by atoms with Crippen LogP contribution >= 0.6 is 15.9 Å². The fourth-order valence-electron chi connectivity index (χ4n) is 2.09. The SMILES string of the molecule is C=CCC(c1cc(Br)cnc1F)N(C(=O)O)C(C)(C)C. The van der Waals surface area contributed by atoms with E-state index in [4.69, 9.17) is 0 Å². The molecule has 0 aliphatic carbocycles. The molecule has 4 nitrogen and oxygen atoms in total. The highest BCUT2D eigenvalue weighted by atomic mass is 79.9. The molecule has 110 valence electrons. The second-order valence-electron chi connectivity index (χ2n) is 5.40. The van der Waals surface area contributed by atoms with Crippen molar-refractivity contribution in [3.05, 3.63) is 40.9 Å². The maximum Gasteiger partial charge on any atom is 0.408 e. The Labute approximate surface area is 126 Å². The van der Waals surface area contributed by atoms with Gasteiger partial charge in [-0.05, 0) is 49.2 Å². The van der Waals surface area contributed by atoms with Crippen LogP contribution in [0.25, 0.3) is 0 Å². The molecule has 1 rings (SSSR count). The molecular weight excluding hydrogens is 327 g/mol. The molecule has 1 heterocycles. The van der Waals surface area contributed by atoms with E-state index in [0.29, 0.717) is 10.9 Å². The van der Waals surface area contributed by atoms with E-state index in [-0.39, 0.29) is 5.56 Å². The molecule has 1 amide bonds. The van der Waals surface area contributed by atoms with E-state index in [1.54, 1.807) is 32.9 Å². The van der Waals surface area contributed by atoms with E-state index in [9.17, 15) is 14.3 Å². The summed E-state index contributed by atoms with van der Waals surface area (Å²) in [6, 6.07) is 0.882. The number of rotatable bonds is 4. The maximum absolute atomic E-state index is 14.0. The minimum Gasteiger partial charge on any atom is -0.465 e. The van der Waals surface area contributed by atoms with Crippen molar-refractivity contribution in [3.63, 3.8) is 0 Å². The third kappa shape index (κ3) is 3.79. The summed E-state index contributed by atoms with van der Waals surface area (Å²) in [6.07, 6.45) is 2.11. The molecule has 20 heavy (non-hydrogen) atoms. The van der Waals surface area contributed by atoms with Crippen LogP contribution in [0.4, 0.5) is 9.18 Å². The van der Waals surface area contributed by atoms with Crippen molar-refractivity contribution in [2.45, 2.75) is 38.8 Å². The van der Waals surface area contributed by atoms with Crippen molar-refractivity contribution in [1.29, 1.82) is 0 Å². The van der Waals surface area contributed by atoms with Gasteiger partial charge in [-0.25, -0.2) is 9.78 Å². The first kappa shape index (κ1) is 16.6. The van der Waals surface area contributed by atoms with Gasteiger partial charge in [0, 0.05) is 21.8 Å². The number of hydrogen-bond acceptors (Lipinski definition) is 2. The summed E-state index contributed by atoms with van der Waals surface area (Å²) in [6.45, 7) is 8.92. The van der Waals surface area contributed by atoms with Gasteiger partial charge >= 0.3 is 6.09 Å². The molecule has 1 atom stereocenters. The lowest BCUT2D eigenvalue weighted by atomic mass is 9.97. The van der Waals surface area contributed by atoms with E-state index < -0.39 is 23.6 Å². The molecule has 1 aromatic rings. The van der Waals surface area contributed by atoms with E-state index in [0.717, 1.165) is 0 Å². The minimum atomic E-state index is -1.11. The van der Waals surface area contributed by atoms with Crippen molar-refractivity contribution >= 4 is 22.0 Å². The Morgan fingerprint density at radius 1 is 1.65 bits per heavy atom. The van der Waals surface area contributed by atoms with Crippen LogP contribution in [0.1, 0.15) is 38.8 Å². The third-order valence-corrected chi connectivity index (χ3v) is 3.26. The fourth-order valence-corrected chi connectivity index (χ4v) is 2.44. The molecule has 0 bridgehead atoms. The zero-order valence-corrected chi connectivity index (χ0v) is 13.3. The number of halogens is 2. The summed E-state index contributed by atoms with van der Waals surface area (Å²) in [5.74, 6) is -0.671. The van der Waals surface area contributed by atoms with Crippen LogP contribution in [0.2, 0.25) is 0 Å². The monoisotopic (exact) mass is 344 g/mol. The van der Waals surface area contributed by atoms with Crippen LogP contribution in [0.15, 0.2) is 29.4 Å². The van der Waals surface area contributed by atoms with Crippen molar-refractivity contribution in [1.82, 2.24) is 9.88 Å². The molecule has 0 aliphatic rings. The van der Waals surface area contributed by atoms with Gasteiger partial charge in [0.1, 0.15) is 0 Å². The quantitative estimate of drug-likeness (QED) is 0.651. The topological polar surface area (TPSA) is 53.4 Å².